The molecule has 0 spiro atoms. The minimum atomic E-state index is -1.00. The number of nitro groups is 1. The standard InChI is InChI=1S/C10H4BrClFN3O3/c11-8-9(12)14-4-15-10(8)19-5-1-2-7(16(17)18)6(13)3-5/h1-4H. The Morgan fingerprint density at radius 3 is 2.79 bits per heavy atom. The molecule has 0 N–H and O–H groups in total. The molecule has 6 nitrogen and oxygen atoms in total. The van der Waals surface area contributed by atoms with Crippen molar-refractivity contribution in [3.8, 4) is 11.6 Å². The Morgan fingerprint density at radius 2 is 2.16 bits per heavy atom. The third-order valence-electron chi connectivity index (χ3n) is 2.05. The minimum Gasteiger partial charge on any atom is -0.438 e. The first-order chi connectivity index (χ1) is 8.99. The van der Waals surface area contributed by atoms with Gasteiger partial charge in [0, 0.05) is 12.1 Å². The van der Waals surface area contributed by atoms with Crippen molar-refractivity contribution in [2.24, 2.45) is 0 Å². The van der Waals surface area contributed by atoms with Gasteiger partial charge < -0.3 is 4.74 Å². The quantitative estimate of drug-likeness (QED) is 0.480. The molecule has 0 aliphatic heterocycles. The summed E-state index contributed by atoms with van der Waals surface area (Å²) in [7, 11) is 0. The van der Waals surface area contributed by atoms with Gasteiger partial charge in [-0.25, -0.2) is 9.97 Å². The molecule has 0 radical (unpaired) electrons. The molecule has 0 fully saturated rings. The van der Waals surface area contributed by atoms with Crippen LogP contribution in [0.15, 0.2) is 29.0 Å². The van der Waals surface area contributed by atoms with Gasteiger partial charge in [0.2, 0.25) is 11.7 Å². The highest BCUT2D eigenvalue weighted by atomic mass is 79.9. The van der Waals surface area contributed by atoms with Gasteiger partial charge in [0.15, 0.2) is 5.15 Å². The van der Waals surface area contributed by atoms with Crippen molar-refractivity contribution in [3.63, 3.8) is 0 Å². The molecule has 0 amide bonds. The summed E-state index contributed by atoms with van der Waals surface area (Å²) in [4.78, 5) is 17.1. The Morgan fingerprint density at radius 1 is 1.42 bits per heavy atom. The normalized spacial score (nSPS) is 10.3. The Bertz CT molecular complexity index is 656. The molecule has 1 heterocycles. The van der Waals surface area contributed by atoms with Crippen LogP contribution in [-0.4, -0.2) is 14.9 Å². The van der Waals surface area contributed by atoms with Gasteiger partial charge in [0.05, 0.1) is 4.92 Å². The topological polar surface area (TPSA) is 78.2 Å². The number of rotatable bonds is 3. The van der Waals surface area contributed by atoms with Crippen molar-refractivity contribution in [3.05, 3.63) is 50.1 Å². The van der Waals surface area contributed by atoms with E-state index < -0.39 is 16.4 Å². The summed E-state index contributed by atoms with van der Waals surface area (Å²) in [6.07, 6.45) is 1.17. The summed E-state index contributed by atoms with van der Waals surface area (Å²) in [6, 6.07) is 3.14. The molecule has 2 rings (SSSR count). The second-order valence-electron chi connectivity index (χ2n) is 3.26. The number of benzene rings is 1. The van der Waals surface area contributed by atoms with Gasteiger partial charge >= 0.3 is 5.69 Å². The summed E-state index contributed by atoms with van der Waals surface area (Å²) in [5, 5.41) is 10.6. The highest BCUT2D eigenvalue weighted by molar-refractivity contribution is 9.10. The van der Waals surface area contributed by atoms with Gasteiger partial charge in [-0.1, -0.05) is 11.6 Å². The zero-order chi connectivity index (χ0) is 14.0. The average molecular weight is 349 g/mol. The first kappa shape index (κ1) is 13.6. The number of hydrogen-bond acceptors (Lipinski definition) is 5. The third-order valence-corrected chi connectivity index (χ3v) is 3.27. The van der Waals surface area contributed by atoms with Crippen molar-refractivity contribution >= 4 is 33.2 Å². The third kappa shape index (κ3) is 2.96. The molecule has 2 aromatic rings. The highest BCUT2D eigenvalue weighted by Crippen LogP contribution is 2.32. The van der Waals surface area contributed by atoms with Crippen LogP contribution < -0.4 is 4.74 Å². The molecular formula is C10H4BrClFN3O3. The Hall–Kier alpha value is -1.80. The van der Waals surface area contributed by atoms with E-state index in [2.05, 4.69) is 25.9 Å². The fraction of sp³-hybridized carbons (Fsp3) is 0. The van der Waals surface area contributed by atoms with Gasteiger partial charge in [0.1, 0.15) is 16.5 Å². The van der Waals surface area contributed by atoms with E-state index in [-0.39, 0.29) is 16.8 Å². The van der Waals surface area contributed by atoms with Crippen LogP contribution in [-0.2, 0) is 0 Å². The van der Waals surface area contributed by atoms with Gasteiger partial charge in [-0.05, 0) is 22.0 Å². The van der Waals surface area contributed by atoms with Crippen LogP contribution in [0.25, 0.3) is 0 Å². The first-order valence-corrected chi connectivity index (χ1v) is 5.94. The predicted octanol–water partition coefficient (Wildman–Crippen LogP) is 3.73. The number of aromatic nitrogens is 2. The Balaban J connectivity index is 2.32. The van der Waals surface area contributed by atoms with Crippen LogP contribution in [0, 0.1) is 15.9 Å². The smallest absolute Gasteiger partial charge is 0.305 e. The van der Waals surface area contributed by atoms with Crippen molar-refractivity contribution in [2.45, 2.75) is 0 Å². The average Bonchev–Trinajstić information content (AvgIpc) is 2.34. The van der Waals surface area contributed by atoms with Crippen LogP contribution >= 0.6 is 27.5 Å². The van der Waals surface area contributed by atoms with Crippen molar-refractivity contribution in [2.75, 3.05) is 0 Å². The van der Waals surface area contributed by atoms with Crippen LogP contribution in [0.2, 0.25) is 5.15 Å². The molecule has 0 aliphatic carbocycles. The molecule has 1 aromatic heterocycles. The zero-order valence-electron chi connectivity index (χ0n) is 9.01. The van der Waals surface area contributed by atoms with Crippen LogP contribution in [0.4, 0.5) is 10.1 Å². The maximum Gasteiger partial charge on any atom is 0.305 e. The maximum atomic E-state index is 13.4. The molecule has 0 unspecified atom stereocenters. The summed E-state index contributed by atoms with van der Waals surface area (Å²) in [6.45, 7) is 0. The lowest BCUT2D eigenvalue weighted by atomic mass is 10.3. The fourth-order valence-electron chi connectivity index (χ4n) is 1.22. The van der Waals surface area contributed by atoms with Crippen LogP contribution in [0.5, 0.6) is 11.6 Å². The van der Waals surface area contributed by atoms with Crippen molar-refractivity contribution < 1.29 is 14.1 Å². The molecule has 0 saturated heterocycles. The molecule has 0 aliphatic rings. The van der Waals surface area contributed by atoms with Gasteiger partial charge in [-0.15, -0.1) is 0 Å². The number of nitro benzene ring substituents is 1. The van der Waals surface area contributed by atoms with Gasteiger partial charge in [-0.2, -0.15) is 4.39 Å². The molecule has 1 aromatic carbocycles. The highest BCUT2D eigenvalue weighted by Gasteiger charge is 2.16. The van der Waals surface area contributed by atoms with E-state index in [0.29, 0.717) is 4.47 Å². The first-order valence-electron chi connectivity index (χ1n) is 4.77. The van der Waals surface area contributed by atoms with Gasteiger partial charge in [0.25, 0.3) is 0 Å². The number of ether oxygens (including phenoxy) is 1. The second-order valence-corrected chi connectivity index (χ2v) is 4.41. The summed E-state index contributed by atoms with van der Waals surface area (Å²) in [5.74, 6) is -0.870. The Labute approximate surface area is 119 Å². The SMILES string of the molecule is O=[N+]([O-])c1ccc(Oc2ncnc(Cl)c2Br)cc1F. The van der Waals surface area contributed by atoms with E-state index in [1.807, 2.05) is 0 Å². The lowest BCUT2D eigenvalue weighted by Crippen LogP contribution is -1.95. The van der Waals surface area contributed by atoms with Crippen molar-refractivity contribution in [1.82, 2.24) is 9.97 Å². The molecule has 9 heteroatoms. The summed E-state index contributed by atoms with van der Waals surface area (Å²) >= 11 is 8.85. The lowest BCUT2D eigenvalue weighted by Gasteiger charge is -2.06. The monoisotopic (exact) mass is 347 g/mol. The van der Waals surface area contributed by atoms with Crippen LogP contribution in [0.3, 0.4) is 0 Å². The van der Waals surface area contributed by atoms with E-state index in [1.165, 1.54) is 12.4 Å². The van der Waals surface area contributed by atoms with E-state index in [1.54, 1.807) is 0 Å². The largest absolute Gasteiger partial charge is 0.438 e. The minimum absolute atomic E-state index is 0.0542. The molecular weight excluding hydrogens is 344 g/mol. The second kappa shape index (κ2) is 5.45. The van der Waals surface area contributed by atoms with E-state index in [0.717, 1.165) is 12.1 Å². The summed E-state index contributed by atoms with van der Waals surface area (Å²) < 4.78 is 19.0. The van der Waals surface area contributed by atoms with E-state index >= 15 is 0 Å². The van der Waals surface area contributed by atoms with E-state index in [4.69, 9.17) is 16.3 Å². The summed E-state index contributed by atoms with van der Waals surface area (Å²) in [5.41, 5.74) is -0.632. The van der Waals surface area contributed by atoms with Crippen molar-refractivity contribution in [1.29, 1.82) is 0 Å². The molecule has 19 heavy (non-hydrogen) atoms. The number of nitrogens with zero attached hydrogens (tertiary/aromatic N) is 3. The van der Waals surface area contributed by atoms with E-state index in [9.17, 15) is 14.5 Å². The molecule has 98 valence electrons. The fourth-order valence-corrected chi connectivity index (χ4v) is 1.63. The zero-order valence-corrected chi connectivity index (χ0v) is 11.4. The predicted molar refractivity (Wildman–Crippen MR) is 67.9 cm³/mol. The maximum absolute atomic E-state index is 13.4. The molecule has 0 atom stereocenters. The number of halogens is 3. The van der Waals surface area contributed by atoms with Gasteiger partial charge in [-0.3, -0.25) is 10.1 Å². The lowest BCUT2D eigenvalue weighted by molar-refractivity contribution is -0.387. The Kier molecular flexibility index (Phi) is 3.91. The van der Waals surface area contributed by atoms with Crippen LogP contribution in [0.1, 0.15) is 0 Å². The molecule has 0 saturated carbocycles. The number of hydrogen-bond donors (Lipinski definition) is 0. The molecule has 0 bridgehead atoms.